The first-order valence-corrected chi connectivity index (χ1v) is 7.75. The van der Waals surface area contributed by atoms with Crippen LogP contribution in [0.15, 0.2) is 18.2 Å². The maximum Gasteiger partial charge on any atom is 0.320 e. The highest BCUT2D eigenvalue weighted by Gasteiger charge is 2.29. The van der Waals surface area contributed by atoms with Gasteiger partial charge in [0.1, 0.15) is 6.04 Å². The van der Waals surface area contributed by atoms with E-state index in [0.29, 0.717) is 31.0 Å². The molecule has 3 rings (SSSR count). The molecular formula is C16H21ClN2O5. The van der Waals surface area contributed by atoms with E-state index in [9.17, 15) is 14.7 Å². The van der Waals surface area contributed by atoms with Gasteiger partial charge in [-0.15, -0.1) is 12.4 Å². The predicted molar refractivity (Wildman–Crippen MR) is 88.5 cm³/mol. The van der Waals surface area contributed by atoms with Crippen LogP contribution < -0.4 is 14.8 Å². The largest absolute Gasteiger partial charge is 0.480 e. The van der Waals surface area contributed by atoms with Crippen LogP contribution in [0.25, 0.3) is 0 Å². The van der Waals surface area contributed by atoms with Gasteiger partial charge < -0.3 is 19.9 Å². The standard InChI is InChI=1S/C16H20N2O5.ClH/c19-15(9-18-6-2-1-3-12(18)16(20)21)17-8-11-4-5-13-14(7-11)23-10-22-13;/h4-5,7,12H,1-3,6,8-10H2,(H,17,19)(H,20,21);1H. The number of hydrogen-bond acceptors (Lipinski definition) is 5. The van der Waals surface area contributed by atoms with Crippen molar-refractivity contribution in [2.75, 3.05) is 19.9 Å². The molecule has 8 heteroatoms. The number of carbonyl (C=O) groups is 2. The minimum absolute atomic E-state index is 0. The van der Waals surface area contributed by atoms with Gasteiger partial charge in [-0.05, 0) is 37.1 Å². The molecule has 7 nitrogen and oxygen atoms in total. The van der Waals surface area contributed by atoms with Gasteiger partial charge in [0.25, 0.3) is 0 Å². The number of rotatable bonds is 5. The van der Waals surface area contributed by atoms with Crippen molar-refractivity contribution in [2.24, 2.45) is 0 Å². The Morgan fingerprint density at radius 3 is 2.83 bits per heavy atom. The maximum absolute atomic E-state index is 12.1. The van der Waals surface area contributed by atoms with Crippen LogP contribution in [-0.2, 0) is 16.1 Å². The zero-order valence-electron chi connectivity index (χ0n) is 13.2. The van der Waals surface area contributed by atoms with Crippen molar-refractivity contribution in [1.29, 1.82) is 0 Å². The Labute approximate surface area is 146 Å². The lowest BCUT2D eigenvalue weighted by molar-refractivity contribution is -0.145. The molecule has 0 bridgehead atoms. The lowest BCUT2D eigenvalue weighted by Crippen LogP contribution is -2.48. The molecule has 1 aromatic rings. The summed E-state index contributed by atoms with van der Waals surface area (Å²) in [6.07, 6.45) is 2.43. The smallest absolute Gasteiger partial charge is 0.320 e. The first-order chi connectivity index (χ1) is 11.1. The molecule has 0 radical (unpaired) electrons. The lowest BCUT2D eigenvalue weighted by atomic mass is 10.0. The summed E-state index contributed by atoms with van der Waals surface area (Å²) in [5.41, 5.74) is 0.913. The van der Waals surface area contributed by atoms with E-state index in [0.717, 1.165) is 18.4 Å². The second-order valence-electron chi connectivity index (χ2n) is 5.78. The summed E-state index contributed by atoms with van der Waals surface area (Å²) >= 11 is 0. The summed E-state index contributed by atoms with van der Waals surface area (Å²) < 4.78 is 10.5. The molecule has 1 aromatic carbocycles. The molecule has 0 aromatic heterocycles. The summed E-state index contributed by atoms with van der Waals surface area (Å²) in [6.45, 7) is 1.35. The average Bonchev–Trinajstić information content (AvgIpc) is 3.01. The first kappa shape index (κ1) is 18.4. The molecule has 1 saturated heterocycles. The number of nitrogens with zero attached hydrogens (tertiary/aromatic N) is 1. The Bertz CT molecular complexity index is 610. The molecule has 1 atom stereocenters. The normalized spacial score (nSPS) is 19.4. The average molecular weight is 357 g/mol. The summed E-state index contributed by atoms with van der Waals surface area (Å²) in [5, 5.41) is 12.0. The summed E-state index contributed by atoms with van der Waals surface area (Å²) in [7, 11) is 0. The highest BCUT2D eigenvalue weighted by molar-refractivity contribution is 5.85. The Hall–Kier alpha value is -1.99. The van der Waals surface area contributed by atoms with Crippen LogP contribution in [0, 0.1) is 0 Å². The zero-order valence-corrected chi connectivity index (χ0v) is 14.0. The number of aliphatic carboxylic acids is 1. The van der Waals surface area contributed by atoms with Crippen LogP contribution in [0.5, 0.6) is 11.5 Å². The molecule has 2 aliphatic rings. The molecule has 24 heavy (non-hydrogen) atoms. The Kier molecular flexibility index (Phi) is 6.28. The number of hydrogen-bond donors (Lipinski definition) is 2. The number of amides is 1. The van der Waals surface area contributed by atoms with Crippen LogP contribution in [0.3, 0.4) is 0 Å². The highest BCUT2D eigenvalue weighted by Crippen LogP contribution is 2.32. The van der Waals surface area contributed by atoms with E-state index in [2.05, 4.69) is 5.32 Å². The maximum atomic E-state index is 12.1. The van der Waals surface area contributed by atoms with Crippen molar-refractivity contribution in [3.63, 3.8) is 0 Å². The number of nitrogens with one attached hydrogen (secondary N) is 1. The Morgan fingerprint density at radius 2 is 2.04 bits per heavy atom. The van der Waals surface area contributed by atoms with Gasteiger partial charge in [-0.3, -0.25) is 14.5 Å². The predicted octanol–water partition coefficient (Wildman–Crippen LogP) is 1.39. The number of carbonyl (C=O) groups excluding carboxylic acids is 1. The molecule has 0 saturated carbocycles. The summed E-state index contributed by atoms with van der Waals surface area (Å²) in [5.74, 6) is 0.362. The number of fused-ring (bicyclic) bond motifs is 1. The van der Waals surface area contributed by atoms with Gasteiger partial charge in [-0.25, -0.2) is 0 Å². The fraction of sp³-hybridized carbons (Fsp3) is 0.500. The van der Waals surface area contributed by atoms with Gasteiger partial charge in [0, 0.05) is 6.54 Å². The van der Waals surface area contributed by atoms with E-state index in [1.807, 2.05) is 18.2 Å². The van der Waals surface area contributed by atoms with E-state index in [1.165, 1.54) is 0 Å². The molecule has 2 heterocycles. The van der Waals surface area contributed by atoms with Gasteiger partial charge in [0.15, 0.2) is 11.5 Å². The summed E-state index contributed by atoms with van der Waals surface area (Å²) in [6, 6.07) is 4.97. The second-order valence-corrected chi connectivity index (χ2v) is 5.78. The third kappa shape index (κ3) is 4.30. The van der Waals surface area contributed by atoms with Crippen molar-refractivity contribution in [1.82, 2.24) is 10.2 Å². The van der Waals surface area contributed by atoms with Crippen molar-refractivity contribution in [3.05, 3.63) is 23.8 Å². The number of halogens is 1. The number of benzene rings is 1. The molecule has 0 aliphatic carbocycles. The van der Waals surface area contributed by atoms with E-state index in [1.54, 1.807) is 4.90 Å². The molecule has 132 valence electrons. The molecule has 1 amide bonds. The lowest BCUT2D eigenvalue weighted by Gasteiger charge is -2.32. The Morgan fingerprint density at radius 1 is 1.25 bits per heavy atom. The Balaban J connectivity index is 0.00000208. The topological polar surface area (TPSA) is 88.1 Å². The SMILES string of the molecule is Cl.O=C(CN1CCCCC1C(=O)O)NCc1ccc2c(c1)OCO2. The fourth-order valence-corrected chi connectivity index (χ4v) is 2.95. The number of likely N-dealkylation sites (tertiary alicyclic amines) is 1. The number of carboxylic acid groups (broad SMARTS) is 1. The molecule has 2 aliphatic heterocycles. The monoisotopic (exact) mass is 356 g/mol. The van der Waals surface area contributed by atoms with Crippen LogP contribution in [0.4, 0.5) is 0 Å². The zero-order chi connectivity index (χ0) is 16.2. The van der Waals surface area contributed by atoms with Crippen LogP contribution in [0.1, 0.15) is 24.8 Å². The second kappa shape index (κ2) is 8.21. The van der Waals surface area contributed by atoms with Gasteiger partial charge >= 0.3 is 5.97 Å². The molecular weight excluding hydrogens is 336 g/mol. The van der Waals surface area contributed by atoms with Crippen molar-refractivity contribution >= 4 is 24.3 Å². The van der Waals surface area contributed by atoms with Crippen molar-refractivity contribution < 1.29 is 24.2 Å². The summed E-state index contributed by atoms with van der Waals surface area (Å²) in [4.78, 5) is 25.1. The highest BCUT2D eigenvalue weighted by atomic mass is 35.5. The number of piperidine rings is 1. The third-order valence-corrected chi connectivity index (χ3v) is 4.17. The molecule has 2 N–H and O–H groups in total. The van der Waals surface area contributed by atoms with Crippen molar-refractivity contribution in [3.8, 4) is 11.5 Å². The van der Waals surface area contributed by atoms with E-state index < -0.39 is 12.0 Å². The van der Waals surface area contributed by atoms with E-state index in [4.69, 9.17) is 9.47 Å². The van der Waals surface area contributed by atoms with Crippen LogP contribution >= 0.6 is 12.4 Å². The van der Waals surface area contributed by atoms with E-state index >= 15 is 0 Å². The van der Waals surface area contributed by atoms with Gasteiger partial charge in [0.05, 0.1) is 6.54 Å². The molecule has 1 unspecified atom stereocenters. The van der Waals surface area contributed by atoms with Crippen LogP contribution in [-0.4, -0.2) is 47.8 Å². The van der Waals surface area contributed by atoms with Crippen molar-refractivity contribution in [2.45, 2.75) is 31.8 Å². The first-order valence-electron chi connectivity index (χ1n) is 7.75. The van der Waals surface area contributed by atoms with Gasteiger partial charge in [0.2, 0.25) is 12.7 Å². The van der Waals surface area contributed by atoms with Crippen LogP contribution in [0.2, 0.25) is 0 Å². The van der Waals surface area contributed by atoms with Gasteiger partial charge in [-0.2, -0.15) is 0 Å². The third-order valence-electron chi connectivity index (χ3n) is 4.17. The molecule has 0 spiro atoms. The minimum atomic E-state index is -0.853. The minimum Gasteiger partial charge on any atom is -0.480 e. The van der Waals surface area contributed by atoms with Gasteiger partial charge in [-0.1, -0.05) is 12.5 Å². The molecule has 1 fully saturated rings. The quantitative estimate of drug-likeness (QED) is 0.829. The fourth-order valence-electron chi connectivity index (χ4n) is 2.95. The van der Waals surface area contributed by atoms with E-state index in [-0.39, 0.29) is 31.7 Å². The number of carboxylic acids is 1. The number of ether oxygens (including phenoxy) is 2.